The lowest BCUT2D eigenvalue weighted by Gasteiger charge is -2.21. The first kappa shape index (κ1) is 25.0. The Labute approximate surface area is 209 Å². The van der Waals surface area contributed by atoms with Gasteiger partial charge in [0.15, 0.2) is 11.5 Å². The van der Waals surface area contributed by atoms with E-state index in [-0.39, 0.29) is 36.6 Å². The van der Waals surface area contributed by atoms with Crippen molar-refractivity contribution in [3.8, 4) is 17.2 Å². The van der Waals surface area contributed by atoms with Gasteiger partial charge in [-0.2, -0.15) is 0 Å². The predicted octanol–water partition coefficient (Wildman–Crippen LogP) is 4.02. The average molecular weight is 493 g/mol. The second-order valence-electron chi connectivity index (χ2n) is 8.59. The molecule has 188 valence electrons. The number of rotatable bonds is 8. The van der Waals surface area contributed by atoms with Crippen LogP contribution in [-0.4, -0.2) is 51.1 Å². The van der Waals surface area contributed by atoms with Crippen LogP contribution in [0.25, 0.3) is 0 Å². The molecule has 1 N–H and O–H groups in total. The summed E-state index contributed by atoms with van der Waals surface area (Å²) in [6.07, 6.45) is 0. The lowest BCUT2D eigenvalue weighted by Crippen LogP contribution is -2.35. The van der Waals surface area contributed by atoms with Crippen LogP contribution in [0.4, 0.5) is 4.39 Å². The van der Waals surface area contributed by atoms with Crippen molar-refractivity contribution in [2.24, 2.45) is 5.92 Å². The minimum Gasteiger partial charge on any atom is -0.493 e. The van der Waals surface area contributed by atoms with Crippen LogP contribution < -0.4 is 19.5 Å². The van der Waals surface area contributed by atoms with Crippen molar-refractivity contribution in [3.05, 3.63) is 89.2 Å². The molecule has 1 aliphatic heterocycles. The molecule has 1 aliphatic rings. The van der Waals surface area contributed by atoms with Gasteiger partial charge in [0.2, 0.25) is 11.7 Å². The lowest BCUT2D eigenvalue weighted by molar-refractivity contribution is -0.125. The minimum atomic E-state index is -0.513. The Morgan fingerprint density at radius 1 is 0.917 bits per heavy atom. The fourth-order valence-electron chi connectivity index (χ4n) is 4.57. The molecule has 0 spiro atoms. The van der Waals surface area contributed by atoms with Gasteiger partial charge in [-0.15, -0.1) is 0 Å². The van der Waals surface area contributed by atoms with Crippen molar-refractivity contribution >= 4 is 11.8 Å². The summed E-state index contributed by atoms with van der Waals surface area (Å²) in [4.78, 5) is 28.3. The van der Waals surface area contributed by atoms with E-state index in [1.54, 1.807) is 29.2 Å². The highest BCUT2D eigenvalue weighted by Gasteiger charge is 2.41. The molecule has 0 radical (unpaired) electrons. The van der Waals surface area contributed by atoms with Crippen molar-refractivity contribution in [1.82, 2.24) is 10.2 Å². The van der Waals surface area contributed by atoms with E-state index >= 15 is 0 Å². The Morgan fingerprint density at radius 3 is 2.14 bits per heavy atom. The van der Waals surface area contributed by atoms with Crippen molar-refractivity contribution < 1.29 is 28.2 Å². The fraction of sp³-hybridized carbons (Fsp3) is 0.286. The Balaban J connectivity index is 1.64. The summed E-state index contributed by atoms with van der Waals surface area (Å²) in [7, 11) is 4.60. The second kappa shape index (κ2) is 11.1. The number of carbonyl (C=O) groups is 2. The monoisotopic (exact) mass is 492 g/mol. The van der Waals surface area contributed by atoms with E-state index in [9.17, 15) is 14.0 Å². The van der Waals surface area contributed by atoms with Gasteiger partial charge in [0.05, 0.1) is 27.2 Å². The summed E-state index contributed by atoms with van der Waals surface area (Å²) in [6.45, 7) is 0.857. The number of amides is 2. The van der Waals surface area contributed by atoms with Crippen molar-refractivity contribution in [2.45, 2.75) is 12.5 Å². The van der Waals surface area contributed by atoms with Gasteiger partial charge in [0.1, 0.15) is 5.82 Å². The second-order valence-corrected chi connectivity index (χ2v) is 8.59. The number of hydrogen-bond acceptors (Lipinski definition) is 5. The molecule has 3 aromatic carbocycles. The number of nitrogens with zero attached hydrogens (tertiary/aromatic N) is 1. The van der Waals surface area contributed by atoms with Crippen LogP contribution >= 0.6 is 0 Å². The molecule has 0 aromatic heterocycles. The van der Waals surface area contributed by atoms with Crippen LogP contribution in [-0.2, 0) is 11.3 Å². The zero-order chi connectivity index (χ0) is 25.7. The van der Waals surface area contributed by atoms with Gasteiger partial charge in [-0.1, -0.05) is 30.3 Å². The molecule has 8 heteroatoms. The standard InChI is InChI=1S/C28H29FN2O5/c1-34-24-13-20(14-25(35-2)26(24)36-3)22-16-31(28(33)19-7-5-4-6-8-19)17-23(22)27(32)30-15-18-9-11-21(29)12-10-18/h4-14,22-23H,15-17H2,1-3H3,(H,30,32). The normalized spacial score (nSPS) is 16.9. The van der Waals surface area contributed by atoms with Gasteiger partial charge in [-0.05, 0) is 47.5 Å². The third-order valence-electron chi connectivity index (χ3n) is 6.46. The fourth-order valence-corrected chi connectivity index (χ4v) is 4.57. The van der Waals surface area contributed by atoms with E-state index < -0.39 is 5.92 Å². The zero-order valence-corrected chi connectivity index (χ0v) is 20.5. The SMILES string of the molecule is COc1cc(C2CN(C(=O)c3ccccc3)CC2C(=O)NCc2ccc(F)cc2)cc(OC)c1OC. The van der Waals surface area contributed by atoms with Gasteiger partial charge in [-0.25, -0.2) is 4.39 Å². The summed E-state index contributed by atoms with van der Waals surface area (Å²) in [6, 6.07) is 18.6. The first-order valence-corrected chi connectivity index (χ1v) is 11.6. The smallest absolute Gasteiger partial charge is 0.253 e. The predicted molar refractivity (Wildman–Crippen MR) is 133 cm³/mol. The number of benzene rings is 3. The van der Waals surface area contributed by atoms with E-state index in [1.807, 2.05) is 30.3 Å². The van der Waals surface area contributed by atoms with Crippen LogP contribution in [0.5, 0.6) is 17.2 Å². The van der Waals surface area contributed by atoms with Crippen molar-refractivity contribution in [3.63, 3.8) is 0 Å². The van der Waals surface area contributed by atoms with E-state index in [0.29, 0.717) is 29.4 Å². The van der Waals surface area contributed by atoms with Crippen molar-refractivity contribution in [2.75, 3.05) is 34.4 Å². The highest BCUT2D eigenvalue weighted by Crippen LogP contribution is 2.43. The highest BCUT2D eigenvalue weighted by atomic mass is 19.1. The Morgan fingerprint density at radius 2 is 1.56 bits per heavy atom. The molecule has 0 bridgehead atoms. The maximum atomic E-state index is 13.4. The molecule has 1 saturated heterocycles. The molecule has 0 saturated carbocycles. The highest BCUT2D eigenvalue weighted by molar-refractivity contribution is 5.95. The Bertz CT molecular complexity index is 1190. The number of methoxy groups -OCH3 is 3. The summed E-state index contributed by atoms with van der Waals surface area (Å²) >= 11 is 0. The Kier molecular flexibility index (Phi) is 7.73. The van der Waals surface area contributed by atoms with Gasteiger partial charge in [-0.3, -0.25) is 9.59 Å². The molecule has 1 heterocycles. The van der Waals surface area contributed by atoms with Crippen LogP contribution in [0.15, 0.2) is 66.7 Å². The first-order valence-electron chi connectivity index (χ1n) is 11.6. The van der Waals surface area contributed by atoms with Crippen LogP contribution in [0.1, 0.15) is 27.4 Å². The molecule has 36 heavy (non-hydrogen) atoms. The minimum absolute atomic E-state index is 0.137. The largest absolute Gasteiger partial charge is 0.493 e. The van der Waals surface area contributed by atoms with Crippen LogP contribution in [0.2, 0.25) is 0 Å². The number of hydrogen-bond donors (Lipinski definition) is 1. The number of likely N-dealkylation sites (tertiary alicyclic amines) is 1. The average Bonchev–Trinajstić information content (AvgIpc) is 3.37. The quantitative estimate of drug-likeness (QED) is 0.514. The lowest BCUT2D eigenvalue weighted by atomic mass is 9.87. The third-order valence-corrected chi connectivity index (χ3v) is 6.46. The third kappa shape index (κ3) is 5.27. The topological polar surface area (TPSA) is 77.1 Å². The molecule has 7 nitrogen and oxygen atoms in total. The Hall–Kier alpha value is -4.07. The maximum Gasteiger partial charge on any atom is 0.253 e. The number of halogens is 1. The van der Waals surface area contributed by atoms with E-state index in [0.717, 1.165) is 11.1 Å². The maximum absolute atomic E-state index is 13.4. The molecular formula is C28H29FN2O5. The van der Waals surface area contributed by atoms with Crippen LogP contribution in [0.3, 0.4) is 0 Å². The van der Waals surface area contributed by atoms with Gasteiger partial charge < -0.3 is 24.4 Å². The van der Waals surface area contributed by atoms with E-state index in [1.165, 1.54) is 33.5 Å². The van der Waals surface area contributed by atoms with E-state index in [4.69, 9.17) is 14.2 Å². The molecular weight excluding hydrogens is 463 g/mol. The number of carbonyl (C=O) groups excluding carboxylic acids is 2. The van der Waals surface area contributed by atoms with E-state index in [2.05, 4.69) is 5.32 Å². The molecule has 2 atom stereocenters. The molecule has 2 unspecified atom stereocenters. The van der Waals surface area contributed by atoms with Gasteiger partial charge >= 0.3 is 0 Å². The summed E-state index contributed by atoms with van der Waals surface area (Å²) in [5.74, 6) is -0.0752. The molecule has 0 aliphatic carbocycles. The van der Waals surface area contributed by atoms with Crippen molar-refractivity contribution in [1.29, 1.82) is 0 Å². The molecule has 2 amide bonds. The molecule has 3 aromatic rings. The first-order chi connectivity index (χ1) is 17.4. The molecule has 1 fully saturated rings. The number of ether oxygens (including phenoxy) is 3. The molecule has 4 rings (SSSR count). The summed E-state index contributed by atoms with van der Waals surface area (Å²) < 4.78 is 29.7. The zero-order valence-electron chi connectivity index (χ0n) is 20.5. The van der Waals surface area contributed by atoms with Gasteiger partial charge in [0.25, 0.3) is 5.91 Å². The number of nitrogens with one attached hydrogen (secondary N) is 1. The summed E-state index contributed by atoms with van der Waals surface area (Å²) in [5.41, 5.74) is 2.15. The summed E-state index contributed by atoms with van der Waals surface area (Å²) in [5, 5.41) is 2.95. The van der Waals surface area contributed by atoms with Gasteiger partial charge in [0, 0.05) is 31.1 Å². The van der Waals surface area contributed by atoms with Crippen LogP contribution in [0, 0.1) is 11.7 Å².